The van der Waals surface area contributed by atoms with Crippen LogP contribution in [0.15, 0.2) is 24.3 Å². The van der Waals surface area contributed by atoms with Crippen molar-refractivity contribution in [2.24, 2.45) is 5.92 Å². The molecule has 5 nitrogen and oxygen atoms in total. The van der Waals surface area contributed by atoms with Crippen LogP contribution in [0.3, 0.4) is 0 Å². The van der Waals surface area contributed by atoms with Crippen molar-refractivity contribution in [1.29, 1.82) is 0 Å². The third-order valence-electron chi connectivity index (χ3n) is 3.86. The van der Waals surface area contributed by atoms with Crippen LogP contribution < -0.4 is 4.90 Å². The summed E-state index contributed by atoms with van der Waals surface area (Å²) in [7, 11) is 0. The van der Waals surface area contributed by atoms with Crippen molar-refractivity contribution in [3.05, 3.63) is 24.3 Å². The second-order valence-corrected chi connectivity index (χ2v) is 5.17. The van der Waals surface area contributed by atoms with E-state index in [0.717, 1.165) is 12.8 Å². The van der Waals surface area contributed by atoms with E-state index < -0.39 is 17.9 Å². The molecule has 1 amide bonds. The number of aliphatic carboxylic acids is 1. The van der Waals surface area contributed by atoms with Crippen molar-refractivity contribution in [2.75, 3.05) is 4.90 Å². The lowest BCUT2D eigenvalue weighted by Crippen LogP contribution is -2.48. The Labute approximate surface area is 117 Å². The summed E-state index contributed by atoms with van der Waals surface area (Å²) < 4.78 is 0. The second-order valence-electron chi connectivity index (χ2n) is 5.17. The molecule has 0 aliphatic heterocycles. The number of amides is 1. The van der Waals surface area contributed by atoms with Gasteiger partial charge in [-0.3, -0.25) is 9.59 Å². The highest BCUT2D eigenvalue weighted by Crippen LogP contribution is 2.35. The lowest BCUT2D eigenvalue weighted by molar-refractivity contribution is -0.143. The molecular formula is C15H19NO4. The number of carboxylic acid groups (broad SMARTS) is 1. The van der Waals surface area contributed by atoms with Gasteiger partial charge in [0.25, 0.3) is 0 Å². The molecule has 0 radical (unpaired) electrons. The monoisotopic (exact) mass is 277 g/mol. The normalized spacial score (nSPS) is 22.2. The maximum atomic E-state index is 12.0. The minimum absolute atomic E-state index is 0.00240. The van der Waals surface area contributed by atoms with Crippen LogP contribution in [0.4, 0.5) is 5.69 Å². The van der Waals surface area contributed by atoms with Crippen LogP contribution in [0, 0.1) is 5.92 Å². The summed E-state index contributed by atoms with van der Waals surface area (Å²) in [5.74, 6) is -1.70. The standard InChI is InChI=1S/C15H19NO4/c1-10(17)16(13-8-4-5-9-14(13)18)12-7-3-2-6-11(12)15(19)20/h4-5,8-9,11-12,18H,2-3,6-7H2,1H3,(H,19,20). The average molecular weight is 277 g/mol. The zero-order valence-corrected chi connectivity index (χ0v) is 11.5. The number of hydrogen-bond acceptors (Lipinski definition) is 3. The number of anilines is 1. The SMILES string of the molecule is CC(=O)N(c1ccccc1O)C1CCCCC1C(=O)O. The molecule has 1 aromatic rings. The van der Waals surface area contributed by atoms with Crippen LogP contribution in [0.5, 0.6) is 5.75 Å². The molecule has 0 spiro atoms. The third-order valence-corrected chi connectivity index (χ3v) is 3.86. The molecule has 2 N–H and O–H groups in total. The number of carbonyl (C=O) groups is 2. The van der Waals surface area contributed by atoms with Gasteiger partial charge in [-0.15, -0.1) is 0 Å². The Kier molecular flexibility index (Phi) is 4.27. The number of para-hydroxylation sites is 2. The minimum atomic E-state index is -0.878. The number of nitrogens with zero attached hydrogens (tertiary/aromatic N) is 1. The van der Waals surface area contributed by atoms with Crippen LogP contribution in [0.1, 0.15) is 32.6 Å². The molecule has 2 rings (SSSR count). The summed E-state index contributed by atoms with van der Waals surface area (Å²) in [5.41, 5.74) is 0.387. The Balaban J connectivity index is 2.40. The molecule has 1 aliphatic carbocycles. The Morgan fingerprint density at radius 2 is 1.85 bits per heavy atom. The molecule has 0 saturated heterocycles. The van der Waals surface area contributed by atoms with E-state index in [9.17, 15) is 19.8 Å². The van der Waals surface area contributed by atoms with Crippen molar-refractivity contribution < 1.29 is 19.8 Å². The summed E-state index contributed by atoms with van der Waals surface area (Å²) in [6, 6.07) is 6.15. The van der Waals surface area contributed by atoms with Gasteiger partial charge in [-0.2, -0.15) is 0 Å². The quantitative estimate of drug-likeness (QED) is 0.889. The number of aromatic hydroxyl groups is 1. The van der Waals surface area contributed by atoms with Gasteiger partial charge in [0.2, 0.25) is 5.91 Å². The summed E-state index contributed by atoms with van der Waals surface area (Å²) in [6.07, 6.45) is 2.97. The topological polar surface area (TPSA) is 77.8 Å². The van der Waals surface area contributed by atoms with Gasteiger partial charge in [0.05, 0.1) is 17.6 Å². The summed E-state index contributed by atoms with van der Waals surface area (Å²) in [6.45, 7) is 1.40. The van der Waals surface area contributed by atoms with Crippen molar-refractivity contribution >= 4 is 17.6 Å². The first kappa shape index (κ1) is 14.4. The lowest BCUT2D eigenvalue weighted by Gasteiger charge is -2.37. The number of phenolic OH excluding ortho intramolecular Hbond substituents is 1. The Morgan fingerprint density at radius 3 is 2.45 bits per heavy atom. The van der Waals surface area contributed by atoms with E-state index in [1.807, 2.05) is 0 Å². The van der Waals surface area contributed by atoms with E-state index in [1.54, 1.807) is 18.2 Å². The largest absolute Gasteiger partial charge is 0.506 e. The van der Waals surface area contributed by atoms with E-state index in [-0.39, 0.29) is 11.7 Å². The fourth-order valence-electron chi connectivity index (χ4n) is 2.96. The summed E-state index contributed by atoms with van der Waals surface area (Å²) in [5, 5.41) is 19.3. The van der Waals surface area contributed by atoms with E-state index in [2.05, 4.69) is 0 Å². The predicted octanol–water partition coefficient (Wildman–Crippen LogP) is 2.39. The van der Waals surface area contributed by atoms with E-state index in [0.29, 0.717) is 18.5 Å². The number of benzene rings is 1. The van der Waals surface area contributed by atoms with E-state index in [4.69, 9.17) is 0 Å². The van der Waals surface area contributed by atoms with Crippen LogP contribution in [-0.2, 0) is 9.59 Å². The number of rotatable bonds is 3. The van der Waals surface area contributed by atoms with Gasteiger partial charge >= 0.3 is 5.97 Å². The molecule has 0 heterocycles. The number of carboxylic acids is 1. The molecule has 1 aliphatic rings. The van der Waals surface area contributed by atoms with Gasteiger partial charge in [-0.1, -0.05) is 25.0 Å². The van der Waals surface area contributed by atoms with Crippen molar-refractivity contribution in [1.82, 2.24) is 0 Å². The van der Waals surface area contributed by atoms with Crippen LogP contribution in [-0.4, -0.2) is 28.1 Å². The maximum Gasteiger partial charge on any atom is 0.308 e. The number of carbonyl (C=O) groups excluding carboxylic acids is 1. The maximum absolute atomic E-state index is 12.0. The molecule has 108 valence electrons. The molecule has 0 bridgehead atoms. The number of phenols is 1. The fraction of sp³-hybridized carbons (Fsp3) is 0.467. The van der Waals surface area contributed by atoms with Crippen molar-refractivity contribution in [3.8, 4) is 5.75 Å². The molecule has 2 unspecified atom stereocenters. The van der Waals surface area contributed by atoms with Crippen molar-refractivity contribution in [2.45, 2.75) is 38.6 Å². The van der Waals surface area contributed by atoms with Gasteiger partial charge in [0.15, 0.2) is 0 Å². The summed E-state index contributed by atoms with van der Waals surface area (Å²) >= 11 is 0. The molecule has 20 heavy (non-hydrogen) atoms. The van der Waals surface area contributed by atoms with Crippen LogP contribution in [0.2, 0.25) is 0 Å². The van der Waals surface area contributed by atoms with Crippen LogP contribution in [0.25, 0.3) is 0 Å². The Bertz CT molecular complexity index is 514. The zero-order chi connectivity index (χ0) is 14.7. The zero-order valence-electron chi connectivity index (χ0n) is 11.5. The smallest absolute Gasteiger partial charge is 0.308 e. The molecular weight excluding hydrogens is 258 g/mol. The first-order valence-electron chi connectivity index (χ1n) is 6.83. The average Bonchev–Trinajstić information content (AvgIpc) is 2.41. The van der Waals surface area contributed by atoms with Crippen LogP contribution >= 0.6 is 0 Å². The predicted molar refractivity (Wildman–Crippen MR) is 74.6 cm³/mol. The summed E-state index contributed by atoms with van der Waals surface area (Å²) in [4.78, 5) is 24.8. The first-order chi connectivity index (χ1) is 9.52. The van der Waals surface area contributed by atoms with E-state index in [1.165, 1.54) is 17.9 Å². The highest BCUT2D eigenvalue weighted by atomic mass is 16.4. The van der Waals surface area contributed by atoms with E-state index >= 15 is 0 Å². The first-order valence-corrected chi connectivity index (χ1v) is 6.83. The molecule has 2 atom stereocenters. The Morgan fingerprint density at radius 1 is 1.20 bits per heavy atom. The lowest BCUT2D eigenvalue weighted by atomic mass is 9.83. The number of hydrogen-bond donors (Lipinski definition) is 2. The Hall–Kier alpha value is -2.04. The van der Waals surface area contributed by atoms with Gasteiger partial charge in [0.1, 0.15) is 5.75 Å². The van der Waals surface area contributed by atoms with Crippen molar-refractivity contribution in [3.63, 3.8) is 0 Å². The molecule has 1 fully saturated rings. The molecule has 0 aromatic heterocycles. The second kappa shape index (κ2) is 5.94. The fourth-order valence-corrected chi connectivity index (χ4v) is 2.96. The molecule has 1 aromatic carbocycles. The van der Waals surface area contributed by atoms with Gasteiger partial charge in [-0.25, -0.2) is 0 Å². The van der Waals surface area contributed by atoms with Gasteiger partial charge < -0.3 is 15.1 Å². The third kappa shape index (κ3) is 2.76. The molecule has 1 saturated carbocycles. The highest BCUT2D eigenvalue weighted by Gasteiger charge is 2.37. The highest BCUT2D eigenvalue weighted by molar-refractivity contribution is 5.94. The molecule has 5 heteroatoms. The van der Waals surface area contributed by atoms with Gasteiger partial charge in [-0.05, 0) is 25.0 Å². The minimum Gasteiger partial charge on any atom is -0.506 e. The van der Waals surface area contributed by atoms with Gasteiger partial charge in [0, 0.05) is 6.92 Å².